The van der Waals surface area contributed by atoms with Gasteiger partial charge in [0.05, 0.1) is 30.2 Å². The number of halogens is 2. The second kappa shape index (κ2) is 7.44. The van der Waals surface area contributed by atoms with Crippen molar-refractivity contribution in [3.63, 3.8) is 0 Å². The number of aromatic nitrogens is 1. The number of furan rings is 1. The van der Waals surface area contributed by atoms with Gasteiger partial charge < -0.3 is 14.5 Å². The molecule has 27 heavy (non-hydrogen) atoms. The third-order valence-electron chi connectivity index (χ3n) is 4.11. The number of hydrogen-bond donors (Lipinski definition) is 1. The van der Waals surface area contributed by atoms with Gasteiger partial charge in [0.1, 0.15) is 11.5 Å². The molecule has 0 saturated heterocycles. The average Bonchev–Trinajstić information content (AvgIpc) is 2.96. The van der Waals surface area contributed by atoms with Crippen molar-refractivity contribution in [3.8, 4) is 0 Å². The maximum atomic E-state index is 14.7. The fraction of sp³-hybridized carbons (Fsp3) is 0.263. The quantitative estimate of drug-likeness (QED) is 0.427. The Morgan fingerprint density at radius 1 is 1.33 bits per heavy atom. The number of rotatable bonds is 5. The van der Waals surface area contributed by atoms with Crippen molar-refractivity contribution >= 4 is 57.5 Å². The van der Waals surface area contributed by atoms with Gasteiger partial charge in [-0.15, -0.1) is 0 Å². The number of fused-ring (bicyclic) bond motifs is 1. The van der Waals surface area contributed by atoms with Crippen LogP contribution in [0.4, 0.5) is 15.8 Å². The van der Waals surface area contributed by atoms with Crippen LogP contribution in [0.2, 0.25) is 19.6 Å². The fourth-order valence-electron chi connectivity index (χ4n) is 2.66. The van der Waals surface area contributed by atoms with E-state index in [4.69, 9.17) is 9.15 Å². The van der Waals surface area contributed by atoms with Crippen molar-refractivity contribution in [2.45, 2.75) is 26.6 Å². The Balaban J connectivity index is 2.10. The van der Waals surface area contributed by atoms with Gasteiger partial charge in [0, 0.05) is 12.4 Å². The van der Waals surface area contributed by atoms with Crippen LogP contribution < -0.4 is 10.5 Å². The van der Waals surface area contributed by atoms with Crippen molar-refractivity contribution in [1.82, 2.24) is 4.98 Å². The van der Waals surface area contributed by atoms with Crippen molar-refractivity contribution in [1.29, 1.82) is 0 Å². The number of ether oxygens (including phenoxy) is 1. The molecule has 142 valence electrons. The lowest BCUT2D eigenvalue weighted by Crippen LogP contribution is -2.37. The number of carbonyl (C=O) groups excluding carboxylic acids is 1. The Morgan fingerprint density at radius 2 is 2.07 bits per heavy atom. The first kappa shape index (κ1) is 19.6. The Bertz CT molecular complexity index is 1010. The van der Waals surface area contributed by atoms with Crippen molar-refractivity contribution < 1.29 is 18.3 Å². The molecule has 2 aromatic heterocycles. The predicted octanol–water partition coefficient (Wildman–Crippen LogP) is 5.19. The molecule has 5 nitrogen and oxygen atoms in total. The van der Waals surface area contributed by atoms with Crippen LogP contribution in [0.3, 0.4) is 0 Å². The SMILES string of the molecule is CCOC(=O)c1oc2c(Br)cncc2c1Nc1ccc([Si](C)(C)C)cc1F. The first-order valence-electron chi connectivity index (χ1n) is 8.52. The van der Waals surface area contributed by atoms with Crippen LogP contribution in [0, 0.1) is 5.82 Å². The average molecular weight is 451 g/mol. The number of nitrogens with zero attached hydrogens (tertiary/aromatic N) is 1. The van der Waals surface area contributed by atoms with E-state index >= 15 is 0 Å². The summed E-state index contributed by atoms with van der Waals surface area (Å²) in [5.74, 6) is -1.03. The lowest BCUT2D eigenvalue weighted by Gasteiger charge is -2.17. The number of anilines is 2. The summed E-state index contributed by atoms with van der Waals surface area (Å²) in [6.07, 6.45) is 3.12. The predicted molar refractivity (Wildman–Crippen MR) is 110 cm³/mol. The van der Waals surface area contributed by atoms with Gasteiger partial charge in [0.25, 0.3) is 0 Å². The van der Waals surface area contributed by atoms with E-state index in [2.05, 4.69) is 45.9 Å². The topological polar surface area (TPSA) is 64.4 Å². The zero-order valence-electron chi connectivity index (χ0n) is 15.5. The van der Waals surface area contributed by atoms with Gasteiger partial charge in [-0.2, -0.15) is 0 Å². The summed E-state index contributed by atoms with van der Waals surface area (Å²) in [6, 6.07) is 5.15. The van der Waals surface area contributed by atoms with Crippen molar-refractivity contribution in [3.05, 3.63) is 46.6 Å². The summed E-state index contributed by atoms with van der Waals surface area (Å²) in [5, 5.41) is 4.56. The molecule has 0 amide bonds. The lowest BCUT2D eigenvalue weighted by molar-refractivity contribution is 0.0494. The van der Waals surface area contributed by atoms with E-state index in [0.717, 1.165) is 5.19 Å². The van der Waals surface area contributed by atoms with Crippen LogP contribution in [-0.4, -0.2) is 25.6 Å². The lowest BCUT2D eigenvalue weighted by atomic mass is 10.2. The van der Waals surface area contributed by atoms with Gasteiger partial charge >= 0.3 is 5.97 Å². The molecule has 0 aliphatic heterocycles. The Labute approximate surface area is 166 Å². The maximum Gasteiger partial charge on any atom is 0.376 e. The largest absolute Gasteiger partial charge is 0.460 e. The number of benzene rings is 1. The molecule has 3 rings (SSSR count). The summed E-state index contributed by atoms with van der Waals surface area (Å²) in [4.78, 5) is 16.4. The van der Waals surface area contributed by atoms with Gasteiger partial charge in [-0.3, -0.25) is 4.98 Å². The Hall–Kier alpha value is -2.19. The van der Waals surface area contributed by atoms with E-state index in [0.29, 0.717) is 21.1 Å². The van der Waals surface area contributed by atoms with Gasteiger partial charge in [0.15, 0.2) is 5.58 Å². The molecule has 0 bridgehead atoms. The highest BCUT2D eigenvalue weighted by Crippen LogP contribution is 2.37. The van der Waals surface area contributed by atoms with E-state index in [1.54, 1.807) is 31.5 Å². The highest BCUT2D eigenvalue weighted by molar-refractivity contribution is 9.10. The van der Waals surface area contributed by atoms with Crippen LogP contribution in [-0.2, 0) is 4.74 Å². The number of hydrogen-bond acceptors (Lipinski definition) is 5. The number of carbonyl (C=O) groups is 1. The highest BCUT2D eigenvalue weighted by atomic mass is 79.9. The minimum absolute atomic E-state index is 0.0192. The van der Waals surface area contributed by atoms with Crippen LogP contribution in [0.5, 0.6) is 0 Å². The second-order valence-corrected chi connectivity index (χ2v) is 13.0. The molecule has 0 unspecified atom stereocenters. The third-order valence-corrected chi connectivity index (χ3v) is 6.72. The third kappa shape index (κ3) is 3.91. The molecule has 2 heterocycles. The summed E-state index contributed by atoms with van der Waals surface area (Å²) >= 11 is 3.36. The molecule has 0 aliphatic carbocycles. The molecule has 0 aliphatic rings. The summed E-state index contributed by atoms with van der Waals surface area (Å²) in [5.41, 5.74) is 1.02. The maximum absolute atomic E-state index is 14.7. The molecule has 3 aromatic rings. The summed E-state index contributed by atoms with van der Waals surface area (Å²) < 4.78 is 26.1. The van der Waals surface area contributed by atoms with Gasteiger partial charge in [-0.05, 0) is 35.0 Å². The molecule has 0 spiro atoms. The molecule has 1 N–H and O–H groups in total. The van der Waals surface area contributed by atoms with E-state index in [9.17, 15) is 9.18 Å². The monoisotopic (exact) mass is 450 g/mol. The van der Waals surface area contributed by atoms with Crippen LogP contribution in [0.25, 0.3) is 11.0 Å². The van der Waals surface area contributed by atoms with Crippen LogP contribution in [0.15, 0.2) is 39.5 Å². The van der Waals surface area contributed by atoms with Gasteiger partial charge in [0.2, 0.25) is 5.76 Å². The Morgan fingerprint density at radius 3 is 2.70 bits per heavy atom. The van der Waals surface area contributed by atoms with E-state index in [1.807, 2.05) is 6.07 Å². The minimum Gasteiger partial charge on any atom is -0.460 e. The van der Waals surface area contributed by atoms with E-state index < -0.39 is 14.0 Å². The molecular formula is C19H20BrFN2O3Si. The van der Waals surface area contributed by atoms with Crippen LogP contribution in [0.1, 0.15) is 17.5 Å². The number of esters is 1. The molecule has 8 heteroatoms. The first-order chi connectivity index (χ1) is 12.7. The van der Waals surface area contributed by atoms with Crippen molar-refractivity contribution in [2.75, 3.05) is 11.9 Å². The summed E-state index contributed by atoms with van der Waals surface area (Å²) in [6.45, 7) is 8.37. The molecule has 0 atom stereocenters. The first-order valence-corrected chi connectivity index (χ1v) is 12.8. The normalized spacial score (nSPS) is 11.6. The Kier molecular flexibility index (Phi) is 5.39. The van der Waals surface area contributed by atoms with Gasteiger partial charge in [-0.1, -0.05) is 30.9 Å². The fourth-order valence-corrected chi connectivity index (χ4v) is 4.22. The number of nitrogens with one attached hydrogen (secondary N) is 1. The molecule has 0 radical (unpaired) electrons. The minimum atomic E-state index is -1.63. The van der Waals surface area contributed by atoms with Crippen LogP contribution >= 0.6 is 15.9 Å². The van der Waals surface area contributed by atoms with E-state index in [-0.39, 0.29) is 23.9 Å². The van der Waals surface area contributed by atoms with Crippen molar-refractivity contribution in [2.24, 2.45) is 0 Å². The smallest absolute Gasteiger partial charge is 0.376 e. The highest BCUT2D eigenvalue weighted by Gasteiger charge is 2.25. The number of pyridine rings is 1. The van der Waals surface area contributed by atoms with E-state index in [1.165, 1.54) is 0 Å². The zero-order valence-corrected chi connectivity index (χ0v) is 18.1. The van der Waals surface area contributed by atoms with Gasteiger partial charge in [-0.25, -0.2) is 9.18 Å². The summed E-state index contributed by atoms with van der Waals surface area (Å²) in [7, 11) is -1.63. The standard InChI is InChI=1S/C19H20BrFN2O3Si/c1-5-25-19(24)18-16(12-9-22-10-13(20)17(12)26-18)23-15-7-6-11(8-14(15)21)27(2,3)4/h6-10,23H,5H2,1-4H3. The molecular weight excluding hydrogens is 431 g/mol. The second-order valence-electron chi connectivity index (χ2n) is 7.09. The molecule has 0 fully saturated rings. The zero-order chi connectivity index (χ0) is 19.8. The molecule has 0 saturated carbocycles. The molecule has 1 aromatic carbocycles.